The first kappa shape index (κ1) is 14.7. The second-order valence-electron chi connectivity index (χ2n) is 6.08. The fourth-order valence-corrected chi connectivity index (χ4v) is 3.28. The van der Waals surface area contributed by atoms with E-state index < -0.39 is 6.10 Å². The zero-order chi connectivity index (χ0) is 15.6. The van der Waals surface area contributed by atoms with E-state index in [1.54, 1.807) is 0 Å². The highest BCUT2D eigenvalue weighted by Crippen LogP contribution is 2.29. The van der Waals surface area contributed by atoms with Crippen LogP contribution in [0.4, 0.5) is 0 Å². The van der Waals surface area contributed by atoms with Gasteiger partial charge in [-0.3, -0.25) is 4.79 Å². The largest absolute Gasteiger partial charge is 0.440 e. The number of fused-ring (bicyclic) bond motifs is 1. The molecule has 2 atom stereocenters. The quantitative estimate of drug-likeness (QED) is 0.847. The van der Waals surface area contributed by atoms with Crippen molar-refractivity contribution in [3.05, 3.63) is 30.2 Å². The zero-order valence-electron chi connectivity index (χ0n) is 12.9. The molecule has 0 N–H and O–H groups in total. The lowest BCUT2D eigenvalue weighted by Crippen LogP contribution is -2.48. The molecule has 122 valence electrons. The van der Waals surface area contributed by atoms with E-state index in [1.165, 1.54) is 0 Å². The van der Waals surface area contributed by atoms with Crippen LogP contribution >= 0.6 is 0 Å². The molecule has 6 heteroatoms. The van der Waals surface area contributed by atoms with Crippen molar-refractivity contribution in [3.8, 4) is 0 Å². The number of ether oxygens (including phenoxy) is 2. The van der Waals surface area contributed by atoms with Crippen LogP contribution in [-0.2, 0) is 14.3 Å². The summed E-state index contributed by atoms with van der Waals surface area (Å²) >= 11 is 0. The Labute approximate surface area is 134 Å². The van der Waals surface area contributed by atoms with E-state index in [4.69, 9.17) is 13.9 Å². The van der Waals surface area contributed by atoms with Crippen LogP contribution in [0.2, 0.25) is 0 Å². The molecule has 23 heavy (non-hydrogen) atoms. The highest BCUT2D eigenvalue weighted by molar-refractivity contribution is 5.81. The summed E-state index contributed by atoms with van der Waals surface area (Å²) in [6.45, 7) is 2.79. The van der Waals surface area contributed by atoms with Crippen LogP contribution in [0.15, 0.2) is 28.7 Å². The molecule has 2 aliphatic heterocycles. The van der Waals surface area contributed by atoms with Crippen molar-refractivity contribution in [2.75, 3.05) is 32.9 Å². The summed E-state index contributed by atoms with van der Waals surface area (Å²) in [5.41, 5.74) is 1.67. The van der Waals surface area contributed by atoms with Crippen molar-refractivity contribution >= 4 is 17.0 Å². The summed E-state index contributed by atoms with van der Waals surface area (Å²) in [6, 6.07) is 7.76. The number of piperidine rings is 1. The minimum absolute atomic E-state index is 0.0190. The van der Waals surface area contributed by atoms with Gasteiger partial charge >= 0.3 is 0 Å². The normalized spacial score (nSPS) is 25.7. The molecule has 3 heterocycles. The van der Waals surface area contributed by atoms with Gasteiger partial charge in [0.2, 0.25) is 0 Å². The van der Waals surface area contributed by atoms with Crippen LogP contribution in [-0.4, -0.2) is 54.8 Å². The molecule has 2 aromatic rings. The Morgan fingerprint density at radius 1 is 1.26 bits per heavy atom. The molecule has 4 rings (SSSR count). The predicted molar refractivity (Wildman–Crippen MR) is 83.1 cm³/mol. The van der Waals surface area contributed by atoms with Gasteiger partial charge in [0.05, 0.1) is 25.7 Å². The van der Waals surface area contributed by atoms with E-state index in [0.29, 0.717) is 26.4 Å². The molecule has 1 aromatic carbocycles. The first-order valence-electron chi connectivity index (χ1n) is 8.15. The van der Waals surface area contributed by atoms with Gasteiger partial charge in [-0.1, -0.05) is 12.1 Å². The van der Waals surface area contributed by atoms with Crippen LogP contribution in [0.1, 0.15) is 24.7 Å². The van der Waals surface area contributed by atoms with Gasteiger partial charge in [0.25, 0.3) is 5.91 Å². The number of likely N-dealkylation sites (tertiary alicyclic amines) is 1. The lowest BCUT2D eigenvalue weighted by Gasteiger charge is -2.34. The molecule has 2 saturated heterocycles. The van der Waals surface area contributed by atoms with Crippen molar-refractivity contribution in [2.45, 2.75) is 24.9 Å². The Hall–Kier alpha value is -1.92. The van der Waals surface area contributed by atoms with Gasteiger partial charge in [-0.05, 0) is 25.0 Å². The van der Waals surface area contributed by atoms with Crippen molar-refractivity contribution in [1.29, 1.82) is 0 Å². The van der Waals surface area contributed by atoms with E-state index in [0.717, 1.165) is 36.4 Å². The smallest absolute Gasteiger partial charge is 0.254 e. The number of carbonyl (C=O) groups is 1. The maximum Gasteiger partial charge on any atom is 0.254 e. The first-order valence-corrected chi connectivity index (χ1v) is 8.15. The van der Waals surface area contributed by atoms with Crippen LogP contribution in [0.25, 0.3) is 11.1 Å². The van der Waals surface area contributed by atoms with E-state index in [-0.39, 0.29) is 11.8 Å². The number of aromatic nitrogens is 1. The summed E-state index contributed by atoms with van der Waals surface area (Å²) in [5, 5.41) is 0. The number of nitrogens with zero attached hydrogens (tertiary/aromatic N) is 2. The minimum atomic E-state index is -0.467. The Balaban J connectivity index is 1.48. The van der Waals surface area contributed by atoms with Gasteiger partial charge in [0.1, 0.15) is 5.52 Å². The topological polar surface area (TPSA) is 64.8 Å². The Morgan fingerprint density at radius 2 is 2.17 bits per heavy atom. The number of carbonyl (C=O) groups excluding carboxylic acids is 1. The minimum Gasteiger partial charge on any atom is -0.440 e. The highest BCUT2D eigenvalue weighted by atomic mass is 16.6. The Bertz CT molecular complexity index is 660. The molecule has 0 bridgehead atoms. The van der Waals surface area contributed by atoms with Gasteiger partial charge in [-0.2, -0.15) is 0 Å². The fourth-order valence-electron chi connectivity index (χ4n) is 3.28. The number of oxazole rings is 1. The summed E-state index contributed by atoms with van der Waals surface area (Å²) < 4.78 is 16.7. The molecular formula is C17H20N2O4. The molecule has 2 fully saturated rings. The molecule has 0 radical (unpaired) electrons. The van der Waals surface area contributed by atoms with Crippen LogP contribution in [0.5, 0.6) is 0 Å². The number of para-hydroxylation sites is 2. The molecule has 1 aromatic heterocycles. The van der Waals surface area contributed by atoms with Gasteiger partial charge in [0.15, 0.2) is 17.6 Å². The molecular weight excluding hydrogens is 296 g/mol. The third-order valence-electron chi connectivity index (χ3n) is 4.48. The third-order valence-corrected chi connectivity index (χ3v) is 4.48. The molecule has 2 unspecified atom stereocenters. The van der Waals surface area contributed by atoms with Gasteiger partial charge < -0.3 is 18.8 Å². The van der Waals surface area contributed by atoms with Crippen LogP contribution in [0, 0.1) is 0 Å². The average molecular weight is 316 g/mol. The highest BCUT2D eigenvalue weighted by Gasteiger charge is 2.33. The van der Waals surface area contributed by atoms with Gasteiger partial charge in [-0.25, -0.2) is 4.98 Å². The first-order chi connectivity index (χ1) is 11.3. The zero-order valence-corrected chi connectivity index (χ0v) is 12.9. The monoisotopic (exact) mass is 316 g/mol. The van der Waals surface area contributed by atoms with Gasteiger partial charge in [0, 0.05) is 13.1 Å². The predicted octanol–water partition coefficient (Wildman–Crippen LogP) is 1.95. The molecule has 0 aliphatic carbocycles. The number of hydrogen-bond donors (Lipinski definition) is 0. The number of benzene rings is 1. The van der Waals surface area contributed by atoms with Gasteiger partial charge in [-0.15, -0.1) is 0 Å². The van der Waals surface area contributed by atoms with E-state index in [9.17, 15) is 4.79 Å². The second-order valence-corrected chi connectivity index (χ2v) is 6.08. The third kappa shape index (κ3) is 2.96. The van der Waals surface area contributed by atoms with Crippen LogP contribution < -0.4 is 0 Å². The standard InChI is InChI=1S/C17H20N2O4/c20-17(15-11-21-8-9-22-15)19-7-3-4-12(10-19)16-18-13-5-1-2-6-14(13)23-16/h1-2,5-6,12,15H,3-4,7-11H2. The van der Waals surface area contributed by atoms with E-state index >= 15 is 0 Å². The number of hydrogen-bond acceptors (Lipinski definition) is 5. The molecule has 0 spiro atoms. The lowest BCUT2D eigenvalue weighted by molar-refractivity contribution is -0.159. The number of rotatable bonds is 2. The summed E-state index contributed by atoms with van der Waals surface area (Å²) in [7, 11) is 0. The summed E-state index contributed by atoms with van der Waals surface area (Å²) in [6.07, 6.45) is 1.47. The van der Waals surface area contributed by atoms with E-state index in [2.05, 4.69) is 4.98 Å². The molecule has 2 aliphatic rings. The Kier molecular flexibility index (Phi) is 4.01. The maximum absolute atomic E-state index is 12.6. The van der Waals surface area contributed by atoms with E-state index in [1.807, 2.05) is 29.2 Å². The molecule has 1 amide bonds. The maximum atomic E-state index is 12.6. The summed E-state index contributed by atoms with van der Waals surface area (Å²) in [5.74, 6) is 0.889. The number of amides is 1. The van der Waals surface area contributed by atoms with Crippen molar-refractivity contribution < 1.29 is 18.7 Å². The average Bonchev–Trinajstić information content (AvgIpc) is 3.06. The SMILES string of the molecule is O=C(C1COCCO1)N1CCCC(c2nc3ccccc3o2)C1. The van der Waals surface area contributed by atoms with Crippen molar-refractivity contribution in [1.82, 2.24) is 9.88 Å². The Morgan fingerprint density at radius 3 is 3.00 bits per heavy atom. The fraction of sp³-hybridized carbons (Fsp3) is 0.529. The second kappa shape index (κ2) is 6.29. The van der Waals surface area contributed by atoms with Crippen molar-refractivity contribution in [2.24, 2.45) is 0 Å². The molecule has 0 saturated carbocycles. The lowest BCUT2D eigenvalue weighted by atomic mass is 9.97. The molecule has 6 nitrogen and oxygen atoms in total. The van der Waals surface area contributed by atoms with Crippen molar-refractivity contribution in [3.63, 3.8) is 0 Å². The van der Waals surface area contributed by atoms with Crippen LogP contribution in [0.3, 0.4) is 0 Å². The summed E-state index contributed by atoms with van der Waals surface area (Å²) in [4.78, 5) is 19.0.